The van der Waals surface area contributed by atoms with Crippen molar-refractivity contribution in [3.05, 3.63) is 10.6 Å². The van der Waals surface area contributed by atoms with Crippen molar-refractivity contribution in [1.82, 2.24) is 9.88 Å². The fraction of sp³-hybridized carbons (Fsp3) is 0.789. The predicted octanol–water partition coefficient (Wildman–Crippen LogP) is 2.56. The van der Waals surface area contributed by atoms with Gasteiger partial charge in [0.2, 0.25) is 5.91 Å². The Hall–Kier alpha value is -1.14. The highest BCUT2D eigenvalue weighted by molar-refractivity contribution is 7.15. The summed E-state index contributed by atoms with van der Waals surface area (Å²) in [6, 6.07) is 0.339. The number of fused-ring (bicyclic) bond motifs is 2. The molecular weight excluding hydrogens is 332 g/mol. The molecule has 2 N–H and O–H groups in total. The zero-order chi connectivity index (χ0) is 17.6. The summed E-state index contributed by atoms with van der Waals surface area (Å²) < 4.78 is 0. The van der Waals surface area contributed by atoms with E-state index in [2.05, 4.69) is 28.6 Å². The lowest BCUT2D eigenvalue weighted by atomic mass is 9.65. The molecule has 1 amide bonds. The highest BCUT2D eigenvalue weighted by Crippen LogP contribution is 2.42. The minimum Gasteiger partial charge on any atom is -0.345 e. The average molecular weight is 363 g/mol. The number of nitrogens with zero attached hydrogens (tertiary/aromatic N) is 3. The Labute approximate surface area is 154 Å². The number of aryl methyl sites for hydroxylation is 2. The van der Waals surface area contributed by atoms with Gasteiger partial charge < -0.3 is 15.5 Å². The largest absolute Gasteiger partial charge is 0.345 e. The third kappa shape index (κ3) is 3.31. The van der Waals surface area contributed by atoms with Gasteiger partial charge in [-0.2, -0.15) is 0 Å². The summed E-state index contributed by atoms with van der Waals surface area (Å²) in [4.78, 5) is 23.4. The smallest absolute Gasteiger partial charge is 0.225 e. The second kappa shape index (κ2) is 6.88. The molecule has 1 aromatic rings. The molecule has 0 radical (unpaired) electrons. The van der Waals surface area contributed by atoms with E-state index < -0.39 is 0 Å². The van der Waals surface area contributed by atoms with E-state index in [4.69, 9.17) is 5.73 Å². The summed E-state index contributed by atoms with van der Waals surface area (Å²) in [6.07, 6.45) is 5.77. The summed E-state index contributed by atoms with van der Waals surface area (Å²) in [7, 11) is 0. The Morgan fingerprint density at radius 3 is 2.32 bits per heavy atom. The number of nitrogens with two attached hydrogens (primary N) is 1. The Bertz CT molecular complexity index is 604. The number of rotatable bonds is 2. The molecule has 1 aliphatic heterocycles. The first-order chi connectivity index (χ1) is 12.0. The van der Waals surface area contributed by atoms with Crippen molar-refractivity contribution in [3.63, 3.8) is 0 Å². The van der Waals surface area contributed by atoms with Crippen LogP contribution in [0.5, 0.6) is 0 Å². The SMILES string of the molecule is Cc1nc(N2CCN(C(=O)C3CC4CCCC(C3)C4N)CC2)sc1C. The molecule has 2 atom stereocenters. The Morgan fingerprint density at radius 1 is 1.12 bits per heavy atom. The van der Waals surface area contributed by atoms with Crippen LogP contribution in [0.3, 0.4) is 0 Å². The number of carbonyl (C=O) groups excluding carboxylic acids is 1. The zero-order valence-corrected chi connectivity index (χ0v) is 16.2. The Morgan fingerprint density at radius 2 is 1.76 bits per heavy atom. The van der Waals surface area contributed by atoms with Crippen LogP contribution in [0.2, 0.25) is 0 Å². The van der Waals surface area contributed by atoms with E-state index in [0.717, 1.165) is 49.8 Å². The molecule has 0 aromatic carbocycles. The maximum Gasteiger partial charge on any atom is 0.225 e. The van der Waals surface area contributed by atoms with Crippen LogP contribution in [-0.2, 0) is 4.79 Å². The van der Waals surface area contributed by atoms with Crippen LogP contribution in [0, 0.1) is 31.6 Å². The first kappa shape index (κ1) is 17.3. The van der Waals surface area contributed by atoms with E-state index in [-0.39, 0.29) is 5.92 Å². The van der Waals surface area contributed by atoms with Crippen molar-refractivity contribution >= 4 is 22.4 Å². The van der Waals surface area contributed by atoms with Crippen molar-refractivity contribution in [1.29, 1.82) is 0 Å². The number of carbonyl (C=O) groups is 1. The number of thiazole rings is 1. The minimum atomic E-state index is 0.214. The van der Waals surface area contributed by atoms with Gasteiger partial charge in [-0.3, -0.25) is 4.79 Å². The summed E-state index contributed by atoms with van der Waals surface area (Å²) in [6.45, 7) is 7.65. The van der Waals surface area contributed by atoms with Crippen LogP contribution < -0.4 is 10.6 Å². The highest BCUT2D eigenvalue weighted by Gasteiger charge is 2.42. The van der Waals surface area contributed by atoms with E-state index in [9.17, 15) is 4.79 Å². The predicted molar refractivity (Wildman–Crippen MR) is 102 cm³/mol. The van der Waals surface area contributed by atoms with Crippen molar-refractivity contribution < 1.29 is 4.79 Å². The van der Waals surface area contributed by atoms with E-state index >= 15 is 0 Å². The van der Waals surface area contributed by atoms with Gasteiger partial charge in [0.1, 0.15) is 0 Å². The molecule has 1 saturated heterocycles. The molecule has 3 aliphatic rings. The summed E-state index contributed by atoms with van der Waals surface area (Å²) in [5.41, 5.74) is 7.51. The lowest BCUT2D eigenvalue weighted by Gasteiger charge is -2.45. The van der Waals surface area contributed by atoms with E-state index in [0.29, 0.717) is 23.8 Å². The highest BCUT2D eigenvalue weighted by atomic mass is 32.1. The molecule has 25 heavy (non-hydrogen) atoms. The van der Waals surface area contributed by atoms with Crippen molar-refractivity contribution in [2.45, 2.75) is 52.0 Å². The van der Waals surface area contributed by atoms with Crippen LogP contribution in [-0.4, -0.2) is 48.0 Å². The number of hydrogen-bond acceptors (Lipinski definition) is 5. The van der Waals surface area contributed by atoms with Crippen molar-refractivity contribution in [2.24, 2.45) is 23.5 Å². The standard InChI is InChI=1S/C19H30N4OS/c1-12-13(2)25-19(21-12)23-8-6-22(7-9-23)18(24)16-10-14-4-3-5-15(11-16)17(14)20/h14-17H,3-11,20H2,1-2H3. The Balaban J connectivity index is 1.35. The first-order valence-corrected chi connectivity index (χ1v) is 10.6. The summed E-state index contributed by atoms with van der Waals surface area (Å²) >= 11 is 1.77. The molecule has 2 bridgehead atoms. The lowest BCUT2D eigenvalue weighted by Crippen LogP contribution is -2.53. The number of amides is 1. The van der Waals surface area contributed by atoms with Gasteiger partial charge in [0.25, 0.3) is 0 Å². The second-order valence-electron chi connectivity index (χ2n) is 8.15. The van der Waals surface area contributed by atoms with Crippen LogP contribution in [0.15, 0.2) is 0 Å². The summed E-state index contributed by atoms with van der Waals surface area (Å²) in [5, 5.41) is 1.11. The molecule has 2 saturated carbocycles. The number of hydrogen-bond donors (Lipinski definition) is 1. The molecule has 1 aromatic heterocycles. The molecule has 3 fully saturated rings. The molecule has 0 spiro atoms. The van der Waals surface area contributed by atoms with Gasteiger partial charge in [-0.05, 0) is 51.4 Å². The third-order valence-corrected chi connectivity index (χ3v) is 7.78. The maximum absolute atomic E-state index is 13.0. The van der Waals surface area contributed by atoms with Crippen molar-refractivity contribution in [2.75, 3.05) is 31.1 Å². The molecule has 2 unspecified atom stereocenters. The fourth-order valence-corrected chi connectivity index (χ4v) is 5.92. The molecule has 138 valence electrons. The normalized spacial score (nSPS) is 32.8. The topological polar surface area (TPSA) is 62.5 Å². The van der Waals surface area contributed by atoms with Gasteiger partial charge in [-0.15, -0.1) is 11.3 Å². The molecule has 5 nitrogen and oxygen atoms in total. The Kier molecular flexibility index (Phi) is 4.75. The second-order valence-corrected chi connectivity index (χ2v) is 9.33. The van der Waals surface area contributed by atoms with Gasteiger partial charge in [0.05, 0.1) is 5.69 Å². The molecule has 2 aliphatic carbocycles. The van der Waals surface area contributed by atoms with Gasteiger partial charge in [-0.1, -0.05) is 6.42 Å². The minimum absolute atomic E-state index is 0.214. The van der Waals surface area contributed by atoms with E-state index in [1.807, 2.05) is 0 Å². The third-order valence-electron chi connectivity index (χ3n) is 6.64. The fourth-order valence-electron chi connectivity index (χ4n) is 4.96. The molecule has 4 rings (SSSR count). The van der Waals surface area contributed by atoms with Gasteiger partial charge >= 0.3 is 0 Å². The quantitative estimate of drug-likeness (QED) is 0.878. The number of piperazine rings is 1. The van der Waals surface area contributed by atoms with Gasteiger partial charge in [-0.25, -0.2) is 4.98 Å². The molecule has 6 heteroatoms. The monoisotopic (exact) mass is 362 g/mol. The van der Waals surface area contributed by atoms with Crippen LogP contribution in [0.1, 0.15) is 42.7 Å². The van der Waals surface area contributed by atoms with E-state index in [1.165, 1.54) is 24.1 Å². The van der Waals surface area contributed by atoms with E-state index in [1.54, 1.807) is 11.3 Å². The van der Waals surface area contributed by atoms with Crippen LogP contribution >= 0.6 is 11.3 Å². The summed E-state index contributed by atoms with van der Waals surface area (Å²) in [5.74, 6) is 1.74. The lowest BCUT2D eigenvalue weighted by molar-refractivity contribution is -0.138. The molecule has 2 heterocycles. The average Bonchev–Trinajstić information content (AvgIpc) is 2.93. The van der Waals surface area contributed by atoms with Crippen LogP contribution in [0.4, 0.5) is 5.13 Å². The van der Waals surface area contributed by atoms with Gasteiger partial charge in [0.15, 0.2) is 5.13 Å². The van der Waals surface area contributed by atoms with Crippen molar-refractivity contribution in [3.8, 4) is 0 Å². The molecular formula is C19H30N4OS. The van der Waals surface area contributed by atoms with Crippen LogP contribution in [0.25, 0.3) is 0 Å². The zero-order valence-electron chi connectivity index (χ0n) is 15.4. The maximum atomic E-state index is 13.0. The van der Waals surface area contributed by atoms with Gasteiger partial charge in [0, 0.05) is 43.0 Å². The first-order valence-electron chi connectivity index (χ1n) is 9.76. The number of aromatic nitrogens is 1. The number of anilines is 1.